The van der Waals surface area contributed by atoms with Crippen LogP contribution in [0.1, 0.15) is 11.7 Å². The first kappa shape index (κ1) is 14.0. The van der Waals surface area contributed by atoms with Gasteiger partial charge in [-0.25, -0.2) is 0 Å². The molecule has 2 heterocycles. The van der Waals surface area contributed by atoms with Gasteiger partial charge in [0.1, 0.15) is 6.54 Å². The zero-order valence-electron chi connectivity index (χ0n) is 12.0. The molecule has 0 aromatic heterocycles. The molecule has 2 saturated heterocycles. The van der Waals surface area contributed by atoms with Gasteiger partial charge in [0, 0.05) is 25.8 Å². The van der Waals surface area contributed by atoms with Gasteiger partial charge in [-0.3, -0.25) is 9.59 Å². The summed E-state index contributed by atoms with van der Waals surface area (Å²) in [6.45, 7) is 2.63. The summed E-state index contributed by atoms with van der Waals surface area (Å²) in [6, 6.07) is 7.68. The average Bonchev–Trinajstić information content (AvgIpc) is 2.52. The van der Waals surface area contributed by atoms with E-state index in [4.69, 9.17) is 4.74 Å². The van der Waals surface area contributed by atoms with E-state index in [-0.39, 0.29) is 31.0 Å². The lowest BCUT2D eigenvalue weighted by Gasteiger charge is -2.32. The first-order valence-electron chi connectivity index (χ1n) is 7.12. The molecule has 0 spiro atoms. The van der Waals surface area contributed by atoms with E-state index in [2.05, 4.69) is 5.32 Å². The molecule has 1 atom stereocenters. The third kappa shape index (κ3) is 2.91. The van der Waals surface area contributed by atoms with Crippen molar-refractivity contribution in [1.82, 2.24) is 10.2 Å². The van der Waals surface area contributed by atoms with Crippen molar-refractivity contribution in [3.05, 3.63) is 29.8 Å². The standard InChI is InChI=1S/C15H19N3O3/c1-17-9-15(20)18(10-14(17)19)12-4-2-11(3-5-12)13-8-16-6-7-21-13/h2-5,13,16H,6-10H2,1H3. The van der Waals surface area contributed by atoms with Crippen molar-refractivity contribution >= 4 is 17.5 Å². The minimum Gasteiger partial charge on any atom is -0.371 e. The summed E-state index contributed by atoms with van der Waals surface area (Å²) < 4.78 is 5.70. The summed E-state index contributed by atoms with van der Waals surface area (Å²) >= 11 is 0. The van der Waals surface area contributed by atoms with Gasteiger partial charge in [-0.1, -0.05) is 12.1 Å². The molecule has 6 heteroatoms. The van der Waals surface area contributed by atoms with Crippen LogP contribution in [0.15, 0.2) is 24.3 Å². The van der Waals surface area contributed by atoms with Gasteiger partial charge < -0.3 is 19.9 Å². The molecule has 112 valence electrons. The number of nitrogens with zero attached hydrogens (tertiary/aromatic N) is 2. The van der Waals surface area contributed by atoms with Gasteiger partial charge in [0.15, 0.2) is 0 Å². The van der Waals surface area contributed by atoms with Crippen LogP contribution in [0.4, 0.5) is 5.69 Å². The van der Waals surface area contributed by atoms with E-state index in [0.29, 0.717) is 6.61 Å². The van der Waals surface area contributed by atoms with Crippen molar-refractivity contribution in [1.29, 1.82) is 0 Å². The predicted molar refractivity (Wildman–Crippen MR) is 78.0 cm³/mol. The SMILES string of the molecule is CN1CC(=O)N(c2ccc(C3CNCCO3)cc2)CC1=O. The monoisotopic (exact) mass is 289 g/mol. The van der Waals surface area contributed by atoms with Crippen LogP contribution >= 0.6 is 0 Å². The van der Waals surface area contributed by atoms with Gasteiger partial charge in [-0.15, -0.1) is 0 Å². The Morgan fingerprint density at radius 2 is 1.90 bits per heavy atom. The lowest BCUT2D eigenvalue weighted by Crippen LogP contribution is -2.52. The number of anilines is 1. The molecule has 1 unspecified atom stereocenters. The molecule has 2 aliphatic heterocycles. The quantitative estimate of drug-likeness (QED) is 0.842. The lowest BCUT2D eigenvalue weighted by molar-refractivity contribution is -0.136. The maximum absolute atomic E-state index is 12.0. The van der Waals surface area contributed by atoms with Crippen molar-refractivity contribution in [3.63, 3.8) is 0 Å². The number of rotatable bonds is 2. The second kappa shape index (κ2) is 5.83. The summed E-state index contributed by atoms with van der Waals surface area (Å²) in [7, 11) is 1.65. The Labute approximate surface area is 123 Å². The Kier molecular flexibility index (Phi) is 3.90. The van der Waals surface area contributed by atoms with Crippen molar-refractivity contribution in [2.45, 2.75) is 6.10 Å². The third-order valence-electron chi connectivity index (χ3n) is 3.90. The highest BCUT2D eigenvalue weighted by atomic mass is 16.5. The molecule has 2 amide bonds. The Morgan fingerprint density at radius 1 is 1.14 bits per heavy atom. The molecule has 2 aliphatic rings. The van der Waals surface area contributed by atoms with E-state index in [0.717, 1.165) is 24.3 Å². The van der Waals surface area contributed by atoms with Crippen LogP contribution in [-0.2, 0) is 14.3 Å². The first-order chi connectivity index (χ1) is 10.1. The minimum atomic E-state index is -0.0552. The molecule has 2 fully saturated rings. The molecule has 0 bridgehead atoms. The zero-order chi connectivity index (χ0) is 14.8. The van der Waals surface area contributed by atoms with E-state index < -0.39 is 0 Å². The summed E-state index contributed by atoms with van der Waals surface area (Å²) in [5.41, 5.74) is 1.84. The number of amides is 2. The van der Waals surface area contributed by atoms with Crippen LogP contribution in [0.25, 0.3) is 0 Å². The van der Waals surface area contributed by atoms with Crippen LogP contribution in [0, 0.1) is 0 Å². The normalized spacial score (nSPS) is 23.6. The second-order valence-corrected chi connectivity index (χ2v) is 5.38. The van der Waals surface area contributed by atoms with Crippen LogP contribution in [0.3, 0.4) is 0 Å². The van der Waals surface area contributed by atoms with E-state index in [1.165, 1.54) is 9.80 Å². The number of carbonyl (C=O) groups is 2. The molecule has 1 aromatic rings. The van der Waals surface area contributed by atoms with Crippen LogP contribution < -0.4 is 10.2 Å². The van der Waals surface area contributed by atoms with Crippen molar-refractivity contribution in [2.24, 2.45) is 0 Å². The number of ether oxygens (including phenoxy) is 1. The Morgan fingerprint density at radius 3 is 2.57 bits per heavy atom. The molecule has 1 aromatic carbocycles. The van der Waals surface area contributed by atoms with Crippen LogP contribution in [-0.4, -0.2) is 56.5 Å². The van der Waals surface area contributed by atoms with Gasteiger partial charge in [0.25, 0.3) is 0 Å². The fourth-order valence-corrected chi connectivity index (χ4v) is 2.60. The zero-order valence-corrected chi connectivity index (χ0v) is 12.0. The molecule has 21 heavy (non-hydrogen) atoms. The molecule has 0 saturated carbocycles. The van der Waals surface area contributed by atoms with E-state index in [1.54, 1.807) is 7.05 Å². The summed E-state index contributed by atoms with van der Waals surface area (Å²) in [5, 5.41) is 3.29. The summed E-state index contributed by atoms with van der Waals surface area (Å²) in [4.78, 5) is 26.8. The number of nitrogens with one attached hydrogen (secondary N) is 1. The van der Waals surface area contributed by atoms with Gasteiger partial charge in [0.2, 0.25) is 11.8 Å². The fraction of sp³-hybridized carbons (Fsp3) is 0.467. The number of piperazine rings is 1. The number of hydrogen-bond donors (Lipinski definition) is 1. The Hall–Kier alpha value is -1.92. The molecule has 0 aliphatic carbocycles. The molecular formula is C15H19N3O3. The number of likely N-dealkylation sites (N-methyl/N-ethyl adjacent to an activating group) is 1. The highest BCUT2D eigenvalue weighted by Gasteiger charge is 2.28. The third-order valence-corrected chi connectivity index (χ3v) is 3.90. The van der Waals surface area contributed by atoms with E-state index in [1.807, 2.05) is 24.3 Å². The molecule has 0 radical (unpaired) electrons. The smallest absolute Gasteiger partial charge is 0.247 e. The molecular weight excluding hydrogens is 270 g/mol. The van der Waals surface area contributed by atoms with Gasteiger partial charge in [0.05, 0.1) is 19.3 Å². The van der Waals surface area contributed by atoms with Crippen LogP contribution in [0.5, 0.6) is 0 Å². The molecule has 1 N–H and O–H groups in total. The molecule has 6 nitrogen and oxygen atoms in total. The Bertz CT molecular complexity index is 538. The predicted octanol–water partition coefficient (Wildman–Crippen LogP) is 0.152. The van der Waals surface area contributed by atoms with Crippen molar-refractivity contribution in [3.8, 4) is 0 Å². The van der Waals surface area contributed by atoms with Gasteiger partial charge >= 0.3 is 0 Å². The number of morpholine rings is 1. The van der Waals surface area contributed by atoms with Crippen molar-refractivity contribution < 1.29 is 14.3 Å². The largest absolute Gasteiger partial charge is 0.371 e. The maximum atomic E-state index is 12.0. The second-order valence-electron chi connectivity index (χ2n) is 5.38. The lowest BCUT2D eigenvalue weighted by atomic mass is 10.1. The maximum Gasteiger partial charge on any atom is 0.247 e. The van der Waals surface area contributed by atoms with Crippen LogP contribution in [0.2, 0.25) is 0 Å². The minimum absolute atomic E-state index is 0.0431. The summed E-state index contributed by atoms with van der Waals surface area (Å²) in [5.74, 6) is -0.0982. The van der Waals surface area contributed by atoms with Crippen molar-refractivity contribution in [2.75, 3.05) is 44.7 Å². The fourth-order valence-electron chi connectivity index (χ4n) is 2.60. The van der Waals surface area contributed by atoms with Gasteiger partial charge in [-0.05, 0) is 17.7 Å². The summed E-state index contributed by atoms with van der Waals surface area (Å²) in [6.07, 6.45) is 0.0534. The van der Waals surface area contributed by atoms with E-state index in [9.17, 15) is 9.59 Å². The first-order valence-corrected chi connectivity index (χ1v) is 7.12. The van der Waals surface area contributed by atoms with Gasteiger partial charge in [-0.2, -0.15) is 0 Å². The molecule has 3 rings (SSSR count). The Balaban J connectivity index is 1.74. The highest BCUT2D eigenvalue weighted by molar-refractivity contribution is 6.04. The average molecular weight is 289 g/mol. The number of benzene rings is 1. The number of hydrogen-bond acceptors (Lipinski definition) is 4. The highest BCUT2D eigenvalue weighted by Crippen LogP contribution is 2.23. The number of carbonyl (C=O) groups excluding carboxylic acids is 2. The topological polar surface area (TPSA) is 61.9 Å². The van der Waals surface area contributed by atoms with E-state index >= 15 is 0 Å².